The van der Waals surface area contributed by atoms with Crippen molar-refractivity contribution in [3.8, 4) is 0 Å². The van der Waals surface area contributed by atoms with Gasteiger partial charge in [-0.3, -0.25) is 0 Å². The van der Waals surface area contributed by atoms with Crippen molar-refractivity contribution in [2.24, 2.45) is 28.6 Å². The summed E-state index contributed by atoms with van der Waals surface area (Å²) in [5, 5.41) is 9.37. The number of aliphatic hydroxyl groups is 1. The zero-order chi connectivity index (χ0) is 14.7. The third-order valence-electron chi connectivity index (χ3n) is 6.16. The number of hydrogen-bond acceptors (Lipinski definition) is 1. The molecule has 2 saturated carbocycles. The van der Waals surface area contributed by atoms with Gasteiger partial charge in [-0.25, -0.2) is 0 Å². The fraction of sp³-hybridized carbons (Fsp3) is 1.00. The summed E-state index contributed by atoms with van der Waals surface area (Å²) in [6, 6.07) is 0. The number of aliphatic hydroxyl groups excluding tert-OH is 1. The zero-order valence-corrected chi connectivity index (χ0v) is 14.1. The van der Waals surface area contributed by atoms with Crippen molar-refractivity contribution in [1.29, 1.82) is 0 Å². The normalized spacial score (nSPS) is 40.9. The van der Waals surface area contributed by atoms with Crippen molar-refractivity contribution in [2.75, 3.05) is 6.61 Å². The molecule has 2 rings (SSSR count). The fourth-order valence-corrected chi connectivity index (χ4v) is 5.36. The van der Waals surface area contributed by atoms with Crippen LogP contribution in [0.4, 0.5) is 0 Å². The van der Waals surface area contributed by atoms with Crippen LogP contribution in [0.1, 0.15) is 81.5 Å². The largest absolute Gasteiger partial charge is 0.396 e. The quantitative estimate of drug-likeness (QED) is 0.700. The van der Waals surface area contributed by atoms with Gasteiger partial charge in [0.25, 0.3) is 0 Å². The predicted molar refractivity (Wildman–Crippen MR) is 86.3 cm³/mol. The summed E-state index contributed by atoms with van der Waals surface area (Å²) in [6.07, 6.45) is 7.96. The van der Waals surface area contributed by atoms with E-state index in [1.54, 1.807) is 0 Å². The fourth-order valence-electron chi connectivity index (χ4n) is 5.36. The Kier molecular flexibility index (Phi) is 5.92. The van der Waals surface area contributed by atoms with Gasteiger partial charge in [-0.15, -0.1) is 0 Å². The van der Waals surface area contributed by atoms with Crippen molar-refractivity contribution in [3.63, 3.8) is 0 Å². The van der Waals surface area contributed by atoms with Crippen LogP contribution in [0, 0.1) is 28.6 Å². The van der Waals surface area contributed by atoms with E-state index >= 15 is 0 Å². The molecule has 1 heteroatoms. The Hall–Kier alpha value is -0.0400. The first kappa shape index (κ1) is 17.0. The maximum atomic E-state index is 9.37. The van der Waals surface area contributed by atoms with E-state index in [0.717, 1.165) is 24.2 Å². The van der Waals surface area contributed by atoms with Crippen molar-refractivity contribution >= 4 is 0 Å². The predicted octanol–water partition coefficient (Wildman–Crippen LogP) is 5.52. The number of hydrogen-bond donors (Lipinski definition) is 1. The Morgan fingerprint density at radius 1 is 1.11 bits per heavy atom. The first-order chi connectivity index (χ1) is 8.92. The molecule has 0 spiro atoms. The number of fused-ring (bicyclic) bond motifs is 1. The molecule has 0 saturated heterocycles. The molecule has 2 aliphatic rings. The van der Waals surface area contributed by atoms with Crippen LogP contribution < -0.4 is 0 Å². The number of rotatable bonds is 2. The molecule has 0 amide bonds. The molecule has 19 heavy (non-hydrogen) atoms. The first-order valence-electron chi connectivity index (χ1n) is 8.52. The average molecular weight is 271 g/mol. The second-order valence-corrected chi connectivity index (χ2v) is 7.57. The summed E-state index contributed by atoms with van der Waals surface area (Å²) in [5.41, 5.74) is 1.00. The van der Waals surface area contributed by atoms with Crippen LogP contribution in [0.2, 0.25) is 0 Å². The maximum absolute atomic E-state index is 9.37. The van der Waals surface area contributed by atoms with Crippen LogP contribution in [0.5, 0.6) is 0 Å². The van der Waals surface area contributed by atoms with E-state index in [4.69, 9.17) is 0 Å². The van der Waals surface area contributed by atoms with E-state index in [1.165, 1.54) is 32.1 Å². The van der Waals surface area contributed by atoms with E-state index in [-0.39, 0.29) is 1.43 Å². The lowest BCUT2D eigenvalue weighted by atomic mass is 9.46. The highest BCUT2D eigenvalue weighted by Crippen LogP contribution is 2.61. The molecule has 2 aliphatic carbocycles. The molecule has 1 nitrogen and oxygen atoms in total. The molecule has 4 atom stereocenters. The van der Waals surface area contributed by atoms with E-state index < -0.39 is 0 Å². The van der Waals surface area contributed by atoms with Gasteiger partial charge in [0.1, 0.15) is 0 Å². The van der Waals surface area contributed by atoms with E-state index in [2.05, 4.69) is 27.7 Å². The molecular formula is C18H38O. The molecule has 0 aromatic rings. The Morgan fingerprint density at radius 3 is 2.32 bits per heavy atom. The summed E-state index contributed by atoms with van der Waals surface area (Å²) in [5.74, 6) is 2.42. The Morgan fingerprint density at radius 2 is 1.74 bits per heavy atom. The highest BCUT2D eigenvalue weighted by Gasteiger charge is 2.53. The molecule has 1 unspecified atom stereocenters. The molecule has 0 aromatic carbocycles. The van der Waals surface area contributed by atoms with Gasteiger partial charge >= 0.3 is 0 Å². The van der Waals surface area contributed by atoms with Crippen molar-refractivity contribution in [2.45, 2.75) is 80.1 Å². The molecule has 0 bridgehead atoms. The van der Waals surface area contributed by atoms with Gasteiger partial charge in [-0.05, 0) is 54.3 Å². The van der Waals surface area contributed by atoms with Gasteiger partial charge in [0.2, 0.25) is 0 Å². The average Bonchev–Trinajstić information content (AvgIpc) is 2.35. The van der Waals surface area contributed by atoms with Crippen molar-refractivity contribution in [3.05, 3.63) is 0 Å². The second kappa shape index (κ2) is 6.61. The lowest BCUT2D eigenvalue weighted by Gasteiger charge is -2.59. The Bertz CT molecular complexity index is 277. The highest BCUT2D eigenvalue weighted by atomic mass is 16.3. The monoisotopic (exact) mass is 270 g/mol. The van der Waals surface area contributed by atoms with Crippen LogP contribution >= 0.6 is 0 Å². The van der Waals surface area contributed by atoms with Crippen LogP contribution in [-0.4, -0.2) is 11.7 Å². The molecule has 0 aromatic heterocycles. The van der Waals surface area contributed by atoms with Gasteiger partial charge in [0, 0.05) is 8.03 Å². The maximum Gasteiger partial charge on any atom is 0.0433 e. The highest BCUT2D eigenvalue weighted by molar-refractivity contribution is 5.02. The lowest BCUT2D eigenvalue weighted by molar-refractivity contribution is -0.0991. The molecule has 0 heterocycles. The first-order valence-corrected chi connectivity index (χ1v) is 8.52. The smallest absolute Gasteiger partial charge is 0.0433 e. The van der Waals surface area contributed by atoms with Gasteiger partial charge in [-0.2, -0.15) is 0 Å². The van der Waals surface area contributed by atoms with Gasteiger partial charge in [0.05, 0.1) is 0 Å². The molecule has 0 radical (unpaired) electrons. The third kappa shape index (κ3) is 3.17. The van der Waals surface area contributed by atoms with E-state index in [1.807, 2.05) is 13.8 Å². The third-order valence-corrected chi connectivity index (χ3v) is 6.16. The minimum absolute atomic E-state index is 0. The summed E-state index contributed by atoms with van der Waals surface area (Å²) < 4.78 is 0. The summed E-state index contributed by atoms with van der Waals surface area (Å²) in [4.78, 5) is 0. The summed E-state index contributed by atoms with van der Waals surface area (Å²) >= 11 is 0. The minimum atomic E-state index is 0. The van der Waals surface area contributed by atoms with Gasteiger partial charge in [-0.1, -0.05) is 54.4 Å². The summed E-state index contributed by atoms with van der Waals surface area (Å²) in [6.45, 7) is 14.2. The molecular weight excluding hydrogens is 232 g/mol. The van der Waals surface area contributed by atoms with Crippen LogP contribution in [0.3, 0.4) is 0 Å². The molecule has 1 N–H and O–H groups in total. The molecule has 2 fully saturated rings. The summed E-state index contributed by atoms with van der Waals surface area (Å²) in [7, 11) is 0. The van der Waals surface area contributed by atoms with Crippen LogP contribution in [0.15, 0.2) is 0 Å². The topological polar surface area (TPSA) is 20.2 Å². The van der Waals surface area contributed by atoms with Crippen molar-refractivity contribution < 1.29 is 6.53 Å². The Labute approximate surface area is 122 Å². The van der Waals surface area contributed by atoms with E-state index in [9.17, 15) is 5.11 Å². The van der Waals surface area contributed by atoms with Gasteiger partial charge in [0.15, 0.2) is 0 Å². The molecule has 0 aliphatic heterocycles. The molecule has 116 valence electrons. The van der Waals surface area contributed by atoms with E-state index in [0.29, 0.717) is 17.4 Å². The standard InChI is InChI=1S/C16H30O.C2H6.H2/c1-12-6-7-14-15(2,3)9-5-10-16(14,4)13(12)8-11-17;1-2;/h12-14,17H,5-11H2,1-4H3;1-2H3;1H/t12-,13-,14?,16+;;/m0../s1. The van der Waals surface area contributed by atoms with Crippen molar-refractivity contribution in [1.82, 2.24) is 0 Å². The SMILES string of the molecule is CC.C[C@H]1CCC2C(C)(C)CCC[C@]2(C)[C@H]1CCO.[HH]. The van der Waals surface area contributed by atoms with Crippen LogP contribution in [0.25, 0.3) is 0 Å². The minimum Gasteiger partial charge on any atom is -0.396 e. The van der Waals surface area contributed by atoms with Gasteiger partial charge < -0.3 is 5.11 Å². The zero-order valence-electron chi connectivity index (χ0n) is 14.1. The second-order valence-electron chi connectivity index (χ2n) is 7.57. The lowest BCUT2D eigenvalue weighted by Crippen LogP contribution is -2.51. The van der Waals surface area contributed by atoms with Crippen LogP contribution in [-0.2, 0) is 0 Å². The Balaban J connectivity index is 0.00000115.